The van der Waals surface area contributed by atoms with Crippen molar-refractivity contribution in [3.8, 4) is 0 Å². The van der Waals surface area contributed by atoms with Crippen molar-refractivity contribution >= 4 is 21.6 Å². The first-order valence-electron chi connectivity index (χ1n) is 4.48. The zero-order valence-corrected chi connectivity index (χ0v) is 10.4. The van der Waals surface area contributed by atoms with E-state index < -0.39 is 10.0 Å². The van der Waals surface area contributed by atoms with Gasteiger partial charge in [-0.25, -0.2) is 13.1 Å². The monoisotopic (exact) mass is 243 g/mol. The van der Waals surface area contributed by atoms with Gasteiger partial charge in [0.2, 0.25) is 10.0 Å². The molecule has 0 fully saturated rings. The Bertz CT molecular complexity index is 241. The highest BCUT2D eigenvalue weighted by Gasteiger charge is 2.19. The van der Waals surface area contributed by atoms with Crippen LogP contribution < -0.4 is 4.72 Å². The fourth-order valence-corrected chi connectivity index (χ4v) is 2.67. The van der Waals surface area contributed by atoms with E-state index in [0.29, 0.717) is 6.61 Å². The van der Waals surface area contributed by atoms with E-state index in [4.69, 9.17) is 16.3 Å². The first-order chi connectivity index (χ1) is 6.43. The Morgan fingerprint density at radius 1 is 1.43 bits per heavy atom. The van der Waals surface area contributed by atoms with Crippen molar-refractivity contribution in [1.82, 2.24) is 4.72 Å². The molecule has 0 heterocycles. The molecule has 0 aromatic carbocycles. The SMILES string of the molecule is COCC(NS(=O)(=O)CCCl)C(C)C. The van der Waals surface area contributed by atoms with Crippen LogP contribution in [0.5, 0.6) is 0 Å². The smallest absolute Gasteiger partial charge is 0.213 e. The van der Waals surface area contributed by atoms with Crippen LogP contribution in [0, 0.1) is 5.92 Å². The molecule has 4 nitrogen and oxygen atoms in total. The van der Waals surface area contributed by atoms with E-state index in [0.717, 1.165) is 0 Å². The van der Waals surface area contributed by atoms with Crippen molar-refractivity contribution in [2.24, 2.45) is 5.92 Å². The molecule has 0 aliphatic rings. The van der Waals surface area contributed by atoms with Gasteiger partial charge in [0.1, 0.15) is 0 Å². The van der Waals surface area contributed by atoms with Crippen LogP contribution in [-0.4, -0.2) is 39.8 Å². The van der Waals surface area contributed by atoms with Gasteiger partial charge in [-0.3, -0.25) is 0 Å². The highest BCUT2D eigenvalue weighted by atomic mass is 35.5. The summed E-state index contributed by atoms with van der Waals surface area (Å²) in [5, 5.41) is 0. The summed E-state index contributed by atoms with van der Waals surface area (Å²) < 4.78 is 30.2. The Labute approximate surface area is 91.0 Å². The largest absolute Gasteiger partial charge is 0.383 e. The van der Waals surface area contributed by atoms with Crippen molar-refractivity contribution < 1.29 is 13.2 Å². The maximum absolute atomic E-state index is 11.4. The second-order valence-corrected chi connectivity index (χ2v) is 5.68. The Morgan fingerprint density at radius 2 is 2.00 bits per heavy atom. The average Bonchev–Trinajstić information content (AvgIpc) is 2.02. The Morgan fingerprint density at radius 3 is 2.36 bits per heavy atom. The van der Waals surface area contributed by atoms with Crippen LogP contribution >= 0.6 is 11.6 Å². The zero-order valence-electron chi connectivity index (χ0n) is 8.79. The summed E-state index contributed by atoms with van der Waals surface area (Å²) in [4.78, 5) is 0. The minimum absolute atomic E-state index is 0.0541. The van der Waals surface area contributed by atoms with Crippen LogP contribution in [0.4, 0.5) is 0 Å². The Kier molecular flexibility index (Phi) is 6.68. The number of nitrogens with one attached hydrogen (secondary N) is 1. The lowest BCUT2D eigenvalue weighted by molar-refractivity contribution is 0.157. The first kappa shape index (κ1) is 14.2. The Hall–Kier alpha value is 0.160. The van der Waals surface area contributed by atoms with Gasteiger partial charge < -0.3 is 4.74 Å². The number of rotatable bonds is 7. The van der Waals surface area contributed by atoms with Gasteiger partial charge in [0.05, 0.1) is 12.4 Å². The second kappa shape index (κ2) is 6.61. The van der Waals surface area contributed by atoms with Crippen molar-refractivity contribution in [1.29, 1.82) is 0 Å². The molecule has 0 amide bonds. The summed E-state index contributed by atoms with van der Waals surface area (Å²) in [6.07, 6.45) is 0. The van der Waals surface area contributed by atoms with Gasteiger partial charge in [-0.05, 0) is 5.92 Å². The van der Waals surface area contributed by atoms with E-state index in [2.05, 4.69) is 4.72 Å². The number of methoxy groups -OCH3 is 1. The van der Waals surface area contributed by atoms with E-state index in [9.17, 15) is 8.42 Å². The standard InChI is InChI=1S/C8H18ClNO3S/c1-7(2)8(6-13-3)10-14(11,12)5-4-9/h7-8,10H,4-6H2,1-3H3. The minimum Gasteiger partial charge on any atom is -0.383 e. The van der Waals surface area contributed by atoms with Crippen molar-refractivity contribution in [3.05, 3.63) is 0 Å². The summed E-state index contributed by atoms with van der Waals surface area (Å²) in [6.45, 7) is 4.25. The average molecular weight is 244 g/mol. The fraction of sp³-hybridized carbons (Fsp3) is 1.00. The summed E-state index contributed by atoms with van der Waals surface area (Å²) >= 11 is 5.38. The second-order valence-electron chi connectivity index (χ2n) is 3.43. The molecular weight excluding hydrogens is 226 g/mol. The maximum atomic E-state index is 11.4. The van der Waals surface area contributed by atoms with E-state index in [1.807, 2.05) is 13.8 Å². The predicted molar refractivity (Wildman–Crippen MR) is 58.1 cm³/mol. The van der Waals surface area contributed by atoms with Crippen molar-refractivity contribution in [2.75, 3.05) is 25.3 Å². The number of hydrogen-bond acceptors (Lipinski definition) is 3. The van der Waals surface area contributed by atoms with Gasteiger partial charge >= 0.3 is 0 Å². The van der Waals surface area contributed by atoms with Gasteiger partial charge in [-0.2, -0.15) is 0 Å². The molecule has 0 aliphatic carbocycles. The first-order valence-corrected chi connectivity index (χ1v) is 6.66. The summed E-state index contributed by atoms with van der Waals surface area (Å²) in [5.74, 6) is 0.245. The van der Waals surface area contributed by atoms with Crippen LogP contribution in [0.1, 0.15) is 13.8 Å². The lowest BCUT2D eigenvalue weighted by Gasteiger charge is -2.20. The number of halogens is 1. The third-order valence-electron chi connectivity index (χ3n) is 1.83. The Balaban J connectivity index is 4.28. The molecular formula is C8H18ClNO3S. The van der Waals surface area contributed by atoms with E-state index in [1.165, 1.54) is 0 Å². The van der Waals surface area contributed by atoms with Gasteiger partial charge in [0.15, 0.2) is 0 Å². The van der Waals surface area contributed by atoms with E-state index in [1.54, 1.807) is 7.11 Å². The fourth-order valence-electron chi connectivity index (χ4n) is 0.933. The highest BCUT2D eigenvalue weighted by Crippen LogP contribution is 2.04. The van der Waals surface area contributed by atoms with Crippen molar-refractivity contribution in [3.63, 3.8) is 0 Å². The molecule has 14 heavy (non-hydrogen) atoms. The minimum atomic E-state index is -3.26. The molecule has 0 aromatic rings. The van der Waals surface area contributed by atoms with Crippen LogP contribution in [0.15, 0.2) is 0 Å². The van der Waals surface area contributed by atoms with Crippen LogP contribution in [0.2, 0.25) is 0 Å². The molecule has 0 radical (unpaired) electrons. The lowest BCUT2D eigenvalue weighted by atomic mass is 10.1. The molecule has 6 heteroatoms. The number of alkyl halides is 1. The van der Waals surface area contributed by atoms with Crippen LogP contribution in [0.3, 0.4) is 0 Å². The normalized spacial score (nSPS) is 14.6. The molecule has 0 bridgehead atoms. The summed E-state index contributed by atoms with van der Waals surface area (Å²) in [7, 11) is -1.71. The van der Waals surface area contributed by atoms with E-state index >= 15 is 0 Å². The quantitative estimate of drug-likeness (QED) is 0.674. The molecule has 1 atom stereocenters. The molecule has 0 rings (SSSR count). The molecule has 0 aromatic heterocycles. The molecule has 1 N–H and O–H groups in total. The maximum Gasteiger partial charge on any atom is 0.213 e. The zero-order chi connectivity index (χ0) is 11.2. The van der Waals surface area contributed by atoms with Gasteiger partial charge in [-0.15, -0.1) is 11.6 Å². The highest BCUT2D eigenvalue weighted by molar-refractivity contribution is 7.89. The topological polar surface area (TPSA) is 55.4 Å². The number of sulfonamides is 1. The van der Waals surface area contributed by atoms with Crippen molar-refractivity contribution in [2.45, 2.75) is 19.9 Å². The molecule has 0 spiro atoms. The molecule has 1 unspecified atom stereocenters. The third-order valence-corrected chi connectivity index (χ3v) is 3.64. The predicted octanol–water partition coefficient (Wildman–Crippen LogP) is 0.816. The molecule has 0 saturated carbocycles. The van der Waals surface area contributed by atoms with Gasteiger partial charge in [0.25, 0.3) is 0 Å². The van der Waals surface area contributed by atoms with Gasteiger partial charge in [0, 0.05) is 19.0 Å². The molecule has 86 valence electrons. The lowest BCUT2D eigenvalue weighted by Crippen LogP contribution is -2.42. The molecule has 0 aliphatic heterocycles. The summed E-state index contributed by atoms with van der Waals surface area (Å²) in [5.41, 5.74) is 0. The van der Waals surface area contributed by atoms with Crippen LogP contribution in [0.25, 0.3) is 0 Å². The van der Waals surface area contributed by atoms with Crippen LogP contribution in [-0.2, 0) is 14.8 Å². The number of hydrogen-bond donors (Lipinski definition) is 1. The summed E-state index contributed by atoms with van der Waals surface area (Å²) in [6, 6.07) is -0.187. The third kappa shape index (κ3) is 5.80. The van der Waals surface area contributed by atoms with E-state index in [-0.39, 0.29) is 23.6 Å². The number of ether oxygens (including phenoxy) is 1. The van der Waals surface area contributed by atoms with Gasteiger partial charge in [-0.1, -0.05) is 13.8 Å². The molecule has 0 saturated heterocycles.